The van der Waals surface area contributed by atoms with Gasteiger partial charge in [-0.3, -0.25) is 9.36 Å². The lowest BCUT2D eigenvalue weighted by atomic mass is 10.0. The minimum Gasteiger partial charge on any atom is -0.407 e. The minimum atomic E-state index is -0.359. The quantitative estimate of drug-likeness (QED) is 0.691. The number of likely N-dealkylation sites (tertiary alicyclic amines) is 1. The molecule has 0 bridgehead atoms. The van der Waals surface area contributed by atoms with Gasteiger partial charge in [0.2, 0.25) is 0 Å². The Labute approximate surface area is 156 Å². The molecule has 27 heavy (non-hydrogen) atoms. The summed E-state index contributed by atoms with van der Waals surface area (Å²) in [5, 5.41) is 0. The van der Waals surface area contributed by atoms with Gasteiger partial charge in [0, 0.05) is 24.7 Å². The van der Waals surface area contributed by atoms with Gasteiger partial charge in [0.1, 0.15) is 5.82 Å². The van der Waals surface area contributed by atoms with Crippen LogP contribution < -0.4 is 5.76 Å². The van der Waals surface area contributed by atoms with Crippen molar-refractivity contribution in [2.24, 2.45) is 0 Å². The fourth-order valence-corrected chi connectivity index (χ4v) is 3.93. The predicted octanol–water partition coefficient (Wildman–Crippen LogP) is 3.83. The summed E-state index contributed by atoms with van der Waals surface area (Å²) in [6, 6.07) is 9.57. The molecule has 0 aliphatic carbocycles. The van der Waals surface area contributed by atoms with Gasteiger partial charge in [-0.2, -0.15) is 0 Å². The molecule has 1 saturated heterocycles. The normalized spacial score (nSPS) is 15.4. The van der Waals surface area contributed by atoms with Crippen molar-refractivity contribution >= 4 is 17.0 Å². The molecule has 1 aliphatic heterocycles. The number of hydrogen-bond donors (Lipinski definition) is 0. The van der Waals surface area contributed by atoms with E-state index in [-0.39, 0.29) is 23.5 Å². The highest BCUT2D eigenvalue weighted by molar-refractivity contribution is 5.94. The lowest BCUT2D eigenvalue weighted by Gasteiger charge is -2.32. The number of nitrogens with zero attached hydrogens (tertiary/aromatic N) is 2. The summed E-state index contributed by atoms with van der Waals surface area (Å²) in [5.41, 5.74) is 3.96. The van der Waals surface area contributed by atoms with Crippen molar-refractivity contribution in [3.05, 3.63) is 69.5 Å². The number of rotatable bonds is 2. The maximum atomic E-state index is 13.1. The van der Waals surface area contributed by atoms with Gasteiger partial charge in [0.05, 0.1) is 5.52 Å². The molecule has 1 aromatic heterocycles. The molecule has 0 spiro atoms. The van der Waals surface area contributed by atoms with E-state index in [1.54, 1.807) is 9.47 Å². The van der Waals surface area contributed by atoms with E-state index in [9.17, 15) is 14.0 Å². The first kappa shape index (κ1) is 17.5. The van der Waals surface area contributed by atoms with E-state index in [1.807, 2.05) is 26.0 Å². The Bertz CT molecular complexity index is 1060. The summed E-state index contributed by atoms with van der Waals surface area (Å²) in [5.74, 6) is -0.811. The standard InChI is InChI=1S/C21H21FN2O3/c1-13-11-14(2)19-18(12-13)24(21(26)27-19)17-7-9-23(10-8-17)20(25)15-3-5-16(22)6-4-15/h3-6,11-12,17H,7-10H2,1-2H3. The zero-order valence-corrected chi connectivity index (χ0v) is 15.4. The second kappa shape index (κ2) is 6.68. The molecule has 5 nitrogen and oxygen atoms in total. The van der Waals surface area contributed by atoms with Gasteiger partial charge >= 0.3 is 5.76 Å². The van der Waals surface area contributed by atoms with Crippen LogP contribution in [0.5, 0.6) is 0 Å². The fourth-order valence-electron chi connectivity index (χ4n) is 3.93. The van der Waals surface area contributed by atoms with Gasteiger partial charge in [0.25, 0.3) is 5.91 Å². The molecule has 1 fully saturated rings. The molecule has 0 N–H and O–H groups in total. The summed E-state index contributed by atoms with van der Waals surface area (Å²) in [6.45, 7) is 5.03. The average molecular weight is 368 g/mol. The van der Waals surface area contributed by atoms with E-state index in [1.165, 1.54) is 24.3 Å². The first-order valence-electron chi connectivity index (χ1n) is 9.11. The van der Waals surface area contributed by atoms with E-state index in [2.05, 4.69) is 0 Å². The molecule has 1 amide bonds. The number of halogens is 1. The second-order valence-electron chi connectivity index (χ2n) is 7.20. The molecule has 0 saturated carbocycles. The van der Waals surface area contributed by atoms with Gasteiger partial charge in [-0.05, 0) is 68.1 Å². The molecule has 0 atom stereocenters. The Morgan fingerprint density at radius 1 is 1.11 bits per heavy atom. The average Bonchev–Trinajstić information content (AvgIpc) is 2.98. The number of carbonyl (C=O) groups excluding carboxylic acids is 1. The molecule has 140 valence electrons. The third-order valence-electron chi connectivity index (χ3n) is 5.25. The summed E-state index contributed by atoms with van der Waals surface area (Å²) < 4.78 is 20.3. The van der Waals surface area contributed by atoms with Gasteiger partial charge in [-0.25, -0.2) is 9.18 Å². The monoisotopic (exact) mass is 368 g/mol. The van der Waals surface area contributed by atoms with E-state index >= 15 is 0 Å². The number of aromatic nitrogens is 1. The van der Waals surface area contributed by atoms with Crippen LogP contribution >= 0.6 is 0 Å². The van der Waals surface area contributed by atoms with Crippen LogP contribution in [0.15, 0.2) is 45.6 Å². The Balaban J connectivity index is 1.55. The number of carbonyl (C=O) groups is 1. The van der Waals surface area contributed by atoms with Gasteiger partial charge in [0.15, 0.2) is 5.58 Å². The van der Waals surface area contributed by atoms with Crippen LogP contribution in [0.25, 0.3) is 11.1 Å². The molecule has 6 heteroatoms. The largest absolute Gasteiger partial charge is 0.420 e. The molecule has 0 radical (unpaired) electrons. The highest BCUT2D eigenvalue weighted by atomic mass is 19.1. The van der Waals surface area contributed by atoms with Crippen molar-refractivity contribution in [1.29, 1.82) is 0 Å². The zero-order valence-electron chi connectivity index (χ0n) is 15.4. The van der Waals surface area contributed by atoms with Crippen LogP contribution in [-0.2, 0) is 0 Å². The minimum absolute atomic E-state index is 0.00258. The molecule has 3 aromatic rings. The summed E-state index contributed by atoms with van der Waals surface area (Å²) in [4.78, 5) is 26.8. The van der Waals surface area contributed by atoms with Crippen LogP contribution in [0.2, 0.25) is 0 Å². The van der Waals surface area contributed by atoms with Crippen molar-refractivity contribution in [2.75, 3.05) is 13.1 Å². The second-order valence-corrected chi connectivity index (χ2v) is 7.20. The van der Waals surface area contributed by atoms with Crippen LogP contribution in [0.1, 0.15) is 40.4 Å². The van der Waals surface area contributed by atoms with Gasteiger partial charge < -0.3 is 9.32 Å². The molecule has 1 aliphatic rings. The number of oxazole rings is 1. The highest BCUT2D eigenvalue weighted by Gasteiger charge is 2.27. The number of amides is 1. The maximum absolute atomic E-state index is 13.1. The third kappa shape index (κ3) is 3.16. The first-order valence-corrected chi connectivity index (χ1v) is 9.11. The smallest absolute Gasteiger partial charge is 0.407 e. The van der Waals surface area contributed by atoms with Gasteiger partial charge in [-0.1, -0.05) is 6.07 Å². The summed E-state index contributed by atoms with van der Waals surface area (Å²) in [7, 11) is 0. The lowest BCUT2D eigenvalue weighted by molar-refractivity contribution is 0.0694. The van der Waals surface area contributed by atoms with Crippen molar-refractivity contribution < 1.29 is 13.6 Å². The number of benzene rings is 2. The number of hydrogen-bond acceptors (Lipinski definition) is 3. The van der Waals surface area contributed by atoms with Crippen LogP contribution in [-0.4, -0.2) is 28.5 Å². The number of fused-ring (bicyclic) bond motifs is 1. The third-order valence-corrected chi connectivity index (χ3v) is 5.25. The van der Waals surface area contributed by atoms with Crippen LogP contribution in [0.3, 0.4) is 0 Å². The highest BCUT2D eigenvalue weighted by Crippen LogP contribution is 2.28. The molecule has 4 rings (SSSR count). The summed E-state index contributed by atoms with van der Waals surface area (Å²) >= 11 is 0. The molecule has 2 aromatic carbocycles. The fraction of sp³-hybridized carbons (Fsp3) is 0.333. The maximum Gasteiger partial charge on any atom is 0.420 e. The van der Waals surface area contributed by atoms with E-state index in [0.717, 1.165) is 16.6 Å². The van der Waals surface area contributed by atoms with Gasteiger partial charge in [-0.15, -0.1) is 0 Å². The van der Waals surface area contributed by atoms with E-state index < -0.39 is 0 Å². The van der Waals surface area contributed by atoms with Crippen molar-refractivity contribution in [3.8, 4) is 0 Å². The Kier molecular flexibility index (Phi) is 4.34. The first-order chi connectivity index (χ1) is 12.9. The van der Waals surface area contributed by atoms with Crippen LogP contribution in [0.4, 0.5) is 4.39 Å². The predicted molar refractivity (Wildman–Crippen MR) is 101 cm³/mol. The van der Waals surface area contributed by atoms with Crippen molar-refractivity contribution in [3.63, 3.8) is 0 Å². The topological polar surface area (TPSA) is 55.5 Å². The summed E-state index contributed by atoms with van der Waals surface area (Å²) in [6.07, 6.45) is 1.35. The van der Waals surface area contributed by atoms with E-state index in [4.69, 9.17) is 4.42 Å². The number of piperidine rings is 1. The molecular formula is C21H21FN2O3. The Hall–Kier alpha value is -2.89. The zero-order chi connectivity index (χ0) is 19.1. The Morgan fingerprint density at radius 2 is 1.78 bits per heavy atom. The van der Waals surface area contributed by atoms with Crippen LogP contribution in [0, 0.1) is 19.7 Å². The van der Waals surface area contributed by atoms with E-state index in [0.29, 0.717) is 37.1 Å². The molecule has 2 heterocycles. The Morgan fingerprint density at radius 3 is 2.44 bits per heavy atom. The number of aryl methyl sites for hydroxylation is 2. The molecule has 0 unspecified atom stereocenters. The molecular weight excluding hydrogens is 347 g/mol. The van der Waals surface area contributed by atoms with Crippen molar-refractivity contribution in [1.82, 2.24) is 9.47 Å². The SMILES string of the molecule is Cc1cc(C)c2oc(=O)n(C3CCN(C(=O)c4ccc(F)cc4)CC3)c2c1. The van der Waals surface area contributed by atoms with Crippen molar-refractivity contribution in [2.45, 2.75) is 32.7 Å². The lowest BCUT2D eigenvalue weighted by Crippen LogP contribution is -2.40.